The summed E-state index contributed by atoms with van der Waals surface area (Å²) in [5.41, 5.74) is 19.1. The highest BCUT2D eigenvalue weighted by Crippen LogP contribution is 2.41. The molecule has 8 aromatic carbocycles. The summed E-state index contributed by atoms with van der Waals surface area (Å²) in [6.07, 6.45) is 2.27. The third-order valence-corrected chi connectivity index (χ3v) is 11.3. The Balaban J connectivity index is 1.07. The summed E-state index contributed by atoms with van der Waals surface area (Å²) in [5.74, 6) is 0. The summed E-state index contributed by atoms with van der Waals surface area (Å²) in [6, 6.07) is 80.2. The molecule has 0 radical (unpaired) electrons. The molecule has 1 aromatic heterocycles. The summed E-state index contributed by atoms with van der Waals surface area (Å²) in [6.45, 7) is 0. The van der Waals surface area contributed by atoms with Crippen LogP contribution in [0.25, 0.3) is 78.9 Å². The number of nitrogens with zero attached hydrogens (tertiary/aromatic N) is 1. The zero-order valence-corrected chi connectivity index (χ0v) is 33.5. The molecule has 0 saturated carbocycles. The van der Waals surface area contributed by atoms with Gasteiger partial charge < -0.3 is 5.32 Å². The lowest BCUT2D eigenvalue weighted by atomic mass is 9.85. The van der Waals surface area contributed by atoms with Crippen molar-refractivity contribution in [1.82, 2.24) is 10.3 Å². The van der Waals surface area contributed by atoms with Gasteiger partial charge in [-0.1, -0.05) is 212 Å². The highest BCUT2D eigenvalue weighted by Gasteiger charge is 2.25. The molecule has 0 saturated heterocycles. The molecule has 3 heteroatoms. The van der Waals surface area contributed by atoms with Crippen LogP contribution in [0.4, 0.5) is 0 Å². The molecule has 2 heterocycles. The fourth-order valence-electron chi connectivity index (χ4n) is 8.24. The third-order valence-electron chi connectivity index (χ3n) is 11.3. The van der Waals surface area contributed by atoms with E-state index in [9.17, 15) is 5.41 Å². The Kier molecular flexibility index (Phi) is 10.1. The lowest BCUT2D eigenvalue weighted by Crippen LogP contribution is -2.20. The van der Waals surface area contributed by atoms with Crippen LogP contribution in [0.2, 0.25) is 0 Å². The maximum absolute atomic E-state index is 9.66. The summed E-state index contributed by atoms with van der Waals surface area (Å²) < 4.78 is 0. The molecule has 0 fully saturated rings. The van der Waals surface area contributed by atoms with Gasteiger partial charge in [0.25, 0.3) is 0 Å². The smallest absolute Gasteiger partial charge is 0.0715 e. The molecule has 0 unspecified atom stereocenters. The Labute approximate surface area is 357 Å². The van der Waals surface area contributed by atoms with Gasteiger partial charge >= 0.3 is 0 Å². The lowest BCUT2D eigenvalue weighted by Gasteiger charge is -2.27. The number of nitrogens with one attached hydrogen (secondary N) is 2. The van der Waals surface area contributed by atoms with Crippen LogP contribution in [0.3, 0.4) is 0 Å². The maximum Gasteiger partial charge on any atom is 0.0715 e. The normalized spacial score (nSPS) is 12.8. The first kappa shape index (κ1) is 37.2. The van der Waals surface area contributed by atoms with E-state index in [0.717, 1.165) is 101 Å². The number of pyridine rings is 1. The Bertz CT molecular complexity index is 3000. The molecule has 61 heavy (non-hydrogen) atoms. The fourth-order valence-corrected chi connectivity index (χ4v) is 8.24. The first-order valence-corrected chi connectivity index (χ1v) is 20.6. The summed E-state index contributed by atoms with van der Waals surface area (Å²) in [5, 5.41) is 13.5. The van der Waals surface area contributed by atoms with E-state index < -0.39 is 0 Å². The highest BCUT2D eigenvalue weighted by molar-refractivity contribution is 6.36. The van der Waals surface area contributed by atoms with Gasteiger partial charge in [0.2, 0.25) is 0 Å². The second-order valence-corrected chi connectivity index (χ2v) is 15.2. The predicted octanol–water partition coefficient (Wildman–Crippen LogP) is 14.5. The first-order chi connectivity index (χ1) is 30.2. The second kappa shape index (κ2) is 16.6. The van der Waals surface area contributed by atoms with E-state index >= 15 is 0 Å². The van der Waals surface area contributed by atoms with E-state index in [-0.39, 0.29) is 0 Å². The molecule has 0 atom stereocenters. The summed E-state index contributed by atoms with van der Waals surface area (Å²) in [7, 11) is 0. The molecular weight excluding hydrogens is 739 g/mol. The molecule has 3 nitrogen and oxygen atoms in total. The molecule has 9 aromatic rings. The van der Waals surface area contributed by atoms with Crippen molar-refractivity contribution in [1.29, 1.82) is 5.41 Å². The van der Waals surface area contributed by atoms with Crippen molar-refractivity contribution in [2.45, 2.75) is 0 Å². The number of benzene rings is 8. The largest absolute Gasteiger partial charge is 0.354 e. The summed E-state index contributed by atoms with van der Waals surface area (Å²) >= 11 is 0. The Hall–Kier alpha value is -8.14. The molecule has 0 bridgehead atoms. The van der Waals surface area contributed by atoms with Crippen molar-refractivity contribution in [3.8, 4) is 55.9 Å². The Morgan fingerprint density at radius 2 is 0.820 bits per heavy atom. The van der Waals surface area contributed by atoms with Gasteiger partial charge in [-0.15, -0.1) is 0 Å². The topological polar surface area (TPSA) is 48.8 Å². The molecule has 2 N–H and O–H groups in total. The van der Waals surface area contributed by atoms with Crippen LogP contribution >= 0.6 is 0 Å². The Morgan fingerprint density at radius 1 is 0.361 bits per heavy atom. The minimum absolute atomic E-state index is 0.463. The monoisotopic (exact) mass is 779 g/mol. The number of aromatic nitrogens is 1. The quantitative estimate of drug-likeness (QED) is 0.143. The minimum atomic E-state index is 0.463. The van der Waals surface area contributed by atoms with Crippen molar-refractivity contribution < 1.29 is 0 Å². The SMILES string of the molecule is N=C(/C(=C1\NC(c2ccccc2)=Cc2c1cccc2-c1cccc(-c2ccc(-c3cc(-c4ccccc4)nc(-c4ccccc4)c3)cc2)c1)c1ccccc1)c1ccccc1. The molecule has 288 valence electrons. The number of rotatable bonds is 9. The van der Waals surface area contributed by atoms with Crippen molar-refractivity contribution in [2.75, 3.05) is 0 Å². The minimum Gasteiger partial charge on any atom is -0.354 e. The van der Waals surface area contributed by atoms with E-state index in [2.05, 4.69) is 175 Å². The summed E-state index contributed by atoms with van der Waals surface area (Å²) in [4.78, 5) is 5.09. The third kappa shape index (κ3) is 7.65. The molecule has 1 aliphatic heterocycles. The number of fused-ring (bicyclic) bond motifs is 1. The number of allylic oxidation sites excluding steroid dienone is 1. The van der Waals surface area contributed by atoms with Gasteiger partial charge in [-0.05, 0) is 74.3 Å². The predicted molar refractivity (Wildman–Crippen MR) is 255 cm³/mol. The molecular formula is C58H41N3. The zero-order chi connectivity index (χ0) is 41.0. The fraction of sp³-hybridized carbons (Fsp3) is 0. The first-order valence-electron chi connectivity index (χ1n) is 20.6. The van der Waals surface area contributed by atoms with Gasteiger partial charge in [-0.25, -0.2) is 4.98 Å². The van der Waals surface area contributed by atoms with Crippen molar-refractivity contribution in [2.24, 2.45) is 0 Å². The molecule has 0 spiro atoms. The zero-order valence-electron chi connectivity index (χ0n) is 33.5. The van der Waals surface area contributed by atoms with Crippen LogP contribution in [-0.2, 0) is 0 Å². The van der Waals surface area contributed by atoms with E-state index in [4.69, 9.17) is 4.98 Å². The van der Waals surface area contributed by atoms with Crippen LogP contribution in [0.5, 0.6) is 0 Å². The lowest BCUT2D eigenvalue weighted by molar-refractivity contribution is 1.22. The standard InChI is InChI=1S/C58H41N3/c59-57(46-26-14-5-15-27-46)56(45-24-12-4-13-25-45)58-51-31-17-30-50(52(51)39-55(61-58)44-22-10-3-11-23-44)48-29-16-28-47(36-48)40-32-34-41(35-33-40)49-37-53(42-18-6-1-7-19-42)60-54(38-49)43-20-8-2-9-21-43/h1-39,59,61H/b58-56-,59-57?. The van der Waals surface area contributed by atoms with E-state index in [0.29, 0.717) is 5.71 Å². The Morgan fingerprint density at radius 3 is 1.41 bits per heavy atom. The van der Waals surface area contributed by atoms with Crippen LogP contribution in [0, 0.1) is 5.41 Å². The van der Waals surface area contributed by atoms with Crippen LogP contribution in [0.15, 0.2) is 231 Å². The van der Waals surface area contributed by atoms with Gasteiger partial charge in [-0.3, -0.25) is 5.41 Å². The highest BCUT2D eigenvalue weighted by atomic mass is 14.9. The second-order valence-electron chi connectivity index (χ2n) is 15.2. The van der Waals surface area contributed by atoms with Gasteiger partial charge in [-0.2, -0.15) is 0 Å². The maximum atomic E-state index is 9.66. The van der Waals surface area contributed by atoms with Crippen LogP contribution < -0.4 is 5.32 Å². The van der Waals surface area contributed by atoms with E-state index in [1.807, 2.05) is 66.7 Å². The van der Waals surface area contributed by atoms with E-state index in [1.165, 1.54) is 0 Å². The average Bonchev–Trinajstić information content (AvgIpc) is 3.35. The average molecular weight is 780 g/mol. The molecule has 1 aliphatic rings. The molecule has 0 aliphatic carbocycles. The van der Waals surface area contributed by atoms with Crippen LogP contribution in [-0.4, -0.2) is 10.7 Å². The molecule has 0 amide bonds. The van der Waals surface area contributed by atoms with Crippen molar-refractivity contribution in [3.63, 3.8) is 0 Å². The van der Waals surface area contributed by atoms with Gasteiger partial charge in [0.15, 0.2) is 0 Å². The van der Waals surface area contributed by atoms with Gasteiger partial charge in [0.05, 0.1) is 22.8 Å². The van der Waals surface area contributed by atoms with Crippen LogP contribution in [0.1, 0.15) is 27.8 Å². The van der Waals surface area contributed by atoms with E-state index in [1.54, 1.807) is 0 Å². The van der Waals surface area contributed by atoms with Crippen molar-refractivity contribution in [3.05, 3.63) is 258 Å². The van der Waals surface area contributed by atoms with Crippen molar-refractivity contribution >= 4 is 28.8 Å². The number of hydrogen-bond acceptors (Lipinski definition) is 3. The van der Waals surface area contributed by atoms with Gasteiger partial charge in [0.1, 0.15) is 0 Å². The van der Waals surface area contributed by atoms with Gasteiger partial charge in [0, 0.05) is 33.5 Å². The molecule has 10 rings (SSSR count). The number of hydrogen-bond donors (Lipinski definition) is 2.